The van der Waals surface area contributed by atoms with Crippen molar-refractivity contribution in [3.05, 3.63) is 29.8 Å². The highest BCUT2D eigenvalue weighted by Crippen LogP contribution is 2.68. The standard InChI is InChI=1S/C30H46O6S/c1-18(6-4-7-19-8-5-9-22(14-19)37(34,35)36)23-10-11-24-28-25(17-27(33)30(23,24)3)29(2)13-12-21(31)15-20(29)16-26(28)32/h5,8-9,14,18,20-21,23-28,31-33H,4,6-7,10-13,15-17H2,1-3H3,(H,34,35,36)/t18-,20+,21-,23-,24+,25+,26-,27+,28+,29+,30-/m1/s1. The van der Waals surface area contributed by atoms with Gasteiger partial charge in [0.05, 0.1) is 23.2 Å². The molecule has 5 rings (SSSR count). The molecule has 4 aliphatic carbocycles. The molecule has 0 bridgehead atoms. The van der Waals surface area contributed by atoms with Crippen LogP contribution >= 0.6 is 0 Å². The lowest BCUT2D eigenvalue weighted by Gasteiger charge is -2.63. The van der Waals surface area contributed by atoms with E-state index in [0.29, 0.717) is 29.6 Å². The van der Waals surface area contributed by atoms with Crippen LogP contribution in [0.4, 0.5) is 0 Å². The van der Waals surface area contributed by atoms with Gasteiger partial charge in [-0.15, -0.1) is 0 Å². The summed E-state index contributed by atoms with van der Waals surface area (Å²) in [5.41, 5.74) is 0.791. The average Bonchev–Trinajstić information content (AvgIpc) is 3.19. The first kappa shape index (κ1) is 27.6. The number of aliphatic hydroxyl groups excluding tert-OH is 3. The van der Waals surface area contributed by atoms with Gasteiger partial charge in [-0.25, -0.2) is 0 Å². The van der Waals surface area contributed by atoms with E-state index in [-0.39, 0.29) is 40.0 Å². The van der Waals surface area contributed by atoms with Crippen LogP contribution in [-0.4, -0.2) is 46.6 Å². The fourth-order valence-electron chi connectivity index (χ4n) is 9.82. The third kappa shape index (κ3) is 4.71. The van der Waals surface area contributed by atoms with Crippen LogP contribution in [0.3, 0.4) is 0 Å². The van der Waals surface area contributed by atoms with Gasteiger partial charge in [-0.05, 0) is 122 Å². The largest absolute Gasteiger partial charge is 0.393 e. The molecule has 37 heavy (non-hydrogen) atoms. The number of hydrogen-bond donors (Lipinski definition) is 4. The van der Waals surface area contributed by atoms with Gasteiger partial charge in [0.1, 0.15) is 0 Å². The Balaban J connectivity index is 1.28. The van der Waals surface area contributed by atoms with E-state index in [4.69, 9.17) is 0 Å². The number of fused-ring (bicyclic) bond motifs is 5. The molecular formula is C30H46O6S. The zero-order valence-corrected chi connectivity index (χ0v) is 23.4. The first-order chi connectivity index (χ1) is 17.4. The number of aryl methyl sites for hydroxylation is 1. The summed E-state index contributed by atoms with van der Waals surface area (Å²) in [7, 11) is -4.20. The maximum atomic E-state index is 11.7. The Morgan fingerprint density at radius 3 is 2.51 bits per heavy atom. The van der Waals surface area contributed by atoms with Crippen LogP contribution < -0.4 is 0 Å². The number of hydrogen-bond acceptors (Lipinski definition) is 5. The molecule has 0 aliphatic heterocycles. The zero-order valence-electron chi connectivity index (χ0n) is 22.6. The highest BCUT2D eigenvalue weighted by molar-refractivity contribution is 7.85. The molecule has 4 fully saturated rings. The molecule has 4 saturated carbocycles. The molecule has 0 unspecified atom stereocenters. The van der Waals surface area contributed by atoms with Crippen molar-refractivity contribution in [2.75, 3.05) is 0 Å². The second-order valence-electron chi connectivity index (χ2n) is 13.5. The van der Waals surface area contributed by atoms with Gasteiger partial charge < -0.3 is 15.3 Å². The number of benzene rings is 1. The molecule has 0 amide bonds. The smallest absolute Gasteiger partial charge is 0.294 e. The predicted octanol–water partition coefficient (Wildman–Crippen LogP) is 4.85. The molecule has 4 aliphatic rings. The summed E-state index contributed by atoms with van der Waals surface area (Å²) in [4.78, 5) is -0.0569. The molecule has 0 spiro atoms. The molecule has 0 saturated heterocycles. The second-order valence-corrected chi connectivity index (χ2v) is 14.9. The lowest BCUT2D eigenvalue weighted by molar-refractivity contribution is -0.207. The van der Waals surface area contributed by atoms with Crippen molar-refractivity contribution in [2.24, 2.45) is 46.3 Å². The Hall–Kier alpha value is -0.990. The third-order valence-electron chi connectivity index (χ3n) is 11.8. The van der Waals surface area contributed by atoms with E-state index in [1.165, 1.54) is 6.07 Å². The molecule has 0 heterocycles. The monoisotopic (exact) mass is 534 g/mol. The SMILES string of the molecule is C[C@H](CCCc1cccc(S(=O)(=O)O)c1)[C@H]1CC[C@H]2[C@@H]3[C@H](O)C[C@@H]4C[C@H](O)CC[C@]4(C)[C@H]3C[C@H](O)[C@]12C. The van der Waals surface area contributed by atoms with Gasteiger partial charge in [0, 0.05) is 0 Å². The minimum atomic E-state index is -4.20. The molecule has 4 N–H and O–H groups in total. The molecule has 11 atom stereocenters. The van der Waals surface area contributed by atoms with Crippen molar-refractivity contribution in [1.29, 1.82) is 0 Å². The van der Waals surface area contributed by atoms with Crippen LogP contribution in [0.2, 0.25) is 0 Å². The van der Waals surface area contributed by atoms with Gasteiger partial charge >= 0.3 is 0 Å². The third-order valence-corrected chi connectivity index (χ3v) is 12.7. The van der Waals surface area contributed by atoms with E-state index in [1.807, 2.05) is 6.07 Å². The molecule has 6 nitrogen and oxygen atoms in total. The predicted molar refractivity (Wildman–Crippen MR) is 142 cm³/mol. The van der Waals surface area contributed by atoms with Crippen LogP contribution in [-0.2, 0) is 16.5 Å². The average molecular weight is 535 g/mol. The van der Waals surface area contributed by atoms with E-state index in [9.17, 15) is 28.3 Å². The Morgan fingerprint density at radius 2 is 1.78 bits per heavy atom. The Kier molecular flexibility index (Phi) is 7.37. The maximum Gasteiger partial charge on any atom is 0.294 e. The van der Waals surface area contributed by atoms with Crippen molar-refractivity contribution >= 4 is 10.1 Å². The van der Waals surface area contributed by atoms with Gasteiger partial charge in [0.2, 0.25) is 0 Å². The zero-order chi connectivity index (χ0) is 26.8. The topological polar surface area (TPSA) is 115 Å². The van der Waals surface area contributed by atoms with Crippen molar-refractivity contribution in [1.82, 2.24) is 0 Å². The van der Waals surface area contributed by atoms with Crippen molar-refractivity contribution in [3.63, 3.8) is 0 Å². The van der Waals surface area contributed by atoms with Gasteiger partial charge in [0.25, 0.3) is 10.1 Å². The first-order valence-corrected chi connectivity index (χ1v) is 15.9. The second kappa shape index (κ2) is 9.88. The summed E-state index contributed by atoms with van der Waals surface area (Å²) >= 11 is 0. The Morgan fingerprint density at radius 1 is 1.03 bits per heavy atom. The van der Waals surface area contributed by atoms with Crippen LogP contribution in [0.15, 0.2) is 29.2 Å². The highest BCUT2D eigenvalue weighted by Gasteiger charge is 2.65. The summed E-state index contributed by atoms with van der Waals surface area (Å²) < 4.78 is 32.3. The van der Waals surface area contributed by atoms with Crippen LogP contribution in [0.25, 0.3) is 0 Å². The molecule has 0 aromatic heterocycles. The minimum Gasteiger partial charge on any atom is -0.393 e. The Bertz CT molecular complexity index is 1090. The lowest BCUT2D eigenvalue weighted by Crippen LogP contribution is -2.62. The van der Waals surface area contributed by atoms with Crippen LogP contribution in [0.5, 0.6) is 0 Å². The van der Waals surface area contributed by atoms with Gasteiger partial charge in [0.15, 0.2) is 0 Å². The fraction of sp³-hybridized carbons (Fsp3) is 0.800. The molecular weight excluding hydrogens is 488 g/mol. The number of aliphatic hydroxyl groups is 3. The van der Waals surface area contributed by atoms with E-state index in [1.54, 1.807) is 12.1 Å². The molecule has 0 radical (unpaired) electrons. The highest BCUT2D eigenvalue weighted by atomic mass is 32.2. The normalized spacial score (nSPS) is 44.5. The summed E-state index contributed by atoms with van der Waals surface area (Å²) in [5.74, 6) is 2.00. The lowest BCUT2D eigenvalue weighted by atomic mass is 9.43. The van der Waals surface area contributed by atoms with E-state index < -0.39 is 10.1 Å². The summed E-state index contributed by atoms with van der Waals surface area (Å²) in [5, 5.41) is 33.5. The molecule has 208 valence electrons. The van der Waals surface area contributed by atoms with Crippen molar-refractivity contribution < 1.29 is 28.3 Å². The van der Waals surface area contributed by atoms with Crippen LogP contribution in [0, 0.1) is 46.3 Å². The number of rotatable bonds is 6. The quantitative estimate of drug-likeness (QED) is 0.388. The van der Waals surface area contributed by atoms with Crippen LogP contribution in [0.1, 0.15) is 84.1 Å². The van der Waals surface area contributed by atoms with Gasteiger partial charge in [-0.3, -0.25) is 4.55 Å². The maximum absolute atomic E-state index is 11.7. The van der Waals surface area contributed by atoms with Gasteiger partial charge in [-0.2, -0.15) is 8.42 Å². The molecule has 1 aromatic rings. The molecule has 1 aromatic carbocycles. The van der Waals surface area contributed by atoms with Crippen molar-refractivity contribution in [2.45, 2.75) is 108 Å². The summed E-state index contributed by atoms with van der Waals surface area (Å²) in [6, 6.07) is 6.55. The minimum absolute atomic E-state index is 0.0569. The Labute approximate surface area is 222 Å². The molecule has 7 heteroatoms. The van der Waals surface area contributed by atoms with E-state index in [0.717, 1.165) is 69.8 Å². The fourth-order valence-corrected chi connectivity index (χ4v) is 10.4. The van der Waals surface area contributed by atoms with E-state index >= 15 is 0 Å². The van der Waals surface area contributed by atoms with E-state index in [2.05, 4.69) is 20.8 Å². The van der Waals surface area contributed by atoms with Crippen molar-refractivity contribution in [3.8, 4) is 0 Å². The summed E-state index contributed by atoms with van der Waals surface area (Å²) in [6.07, 6.45) is 7.93. The summed E-state index contributed by atoms with van der Waals surface area (Å²) in [6.45, 7) is 6.95. The first-order valence-electron chi connectivity index (χ1n) is 14.5. The van der Waals surface area contributed by atoms with Gasteiger partial charge in [-0.1, -0.05) is 39.3 Å².